The molecular formula is C19H19FN4O2S. The second-order valence-corrected chi connectivity index (χ2v) is 7.26. The van der Waals surface area contributed by atoms with Gasteiger partial charge in [0.05, 0.1) is 30.3 Å². The van der Waals surface area contributed by atoms with Gasteiger partial charge in [0, 0.05) is 36.5 Å². The smallest absolute Gasteiger partial charge is 0.252 e. The highest BCUT2D eigenvalue weighted by Gasteiger charge is 2.20. The Labute approximate surface area is 159 Å². The van der Waals surface area contributed by atoms with Crippen LogP contribution in [-0.2, 0) is 15.9 Å². The van der Waals surface area contributed by atoms with Crippen molar-refractivity contribution in [2.75, 3.05) is 25.2 Å². The number of benzene rings is 1. The Morgan fingerprint density at radius 1 is 1.15 bits per heavy atom. The number of rotatable bonds is 7. The first-order valence-electron chi connectivity index (χ1n) is 8.30. The Hall–Kier alpha value is -2.55. The average molecular weight is 386 g/mol. The molecule has 2 aromatic heterocycles. The molecule has 8 heteroatoms. The molecule has 3 aromatic rings. The monoisotopic (exact) mass is 386 g/mol. The van der Waals surface area contributed by atoms with Crippen LogP contribution < -0.4 is 5.73 Å². The molecule has 1 atom stereocenters. The molecule has 0 amide bonds. The summed E-state index contributed by atoms with van der Waals surface area (Å²) in [5.41, 5.74) is 7.47. The van der Waals surface area contributed by atoms with E-state index in [2.05, 4.69) is 15.0 Å². The van der Waals surface area contributed by atoms with Crippen molar-refractivity contribution in [2.45, 2.75) is 11.4 Å². The van der Waals surface area contributed by atoms with E-state index in [-0.39, 0.29) is 5.82 Å². The van der Waals surface area contributed by atoms with Gasteiger partial charge >= 0.3 is 0 Å². The lowest BCUT2D eigenvalue weighted by molar-refractivity contribution is 0.199. The fourth-order valence-electron chi connectivity index (χ4n) is 2.59. The van der Waals surface area contributed by atoms with Gasteiger partial charge in [-0.1, -0.05) is 6.07 Å². The van der Waals surface area contributed by atoms with E-state index in [1.807, 2.05) is 0 Å². The van der Waals surface area contributed by atoms with Crippen molar-refractivity contribution >= 4 is 17.0 Å². The third-order valence-electron chi connectivity index (χ3n) is 3.89. The summed E-state index contributed by atoms with van der Waals surface area (Å²) in [6.45, 7) is 0.528. The molecule has 0 spiro atoms. The summed E-state index contributed by atoms with van der Waals surface area (Å²) in [5, 5.41) is 0.438. The quantitative estimate of drug-likeness (QED) is 0.495. The molecule has 0 saturated heterocycles. The number of nitrogens with zero attached hydrogens (tertiary/aromatic N) is 3. The number of nitrogens with two attached hydrogens (primary N) is 1. The lowest BCUT2D eigenvalue weighted by atomic mass is 10.0. The molecule has 1 aromatic carbocycles. The topological polar surface area (TPSA) is 97.0 Å². The van der Waals surface area contributed by atoms with Crippen molar-refractivity contribution < 1.29 is 13.7 Å². The lowest BCUT2D eigenvalue weighted by Gasteiger charge is -2.13. The Morgan fingerprint density at radius 3 is 2.70 bits per heavy atom. The molecule has 2 N–H and O–H groups in total. The summed E-state index contributed by atoms with van der Waals surface area (Å²) in [6, 6.07) is 8.29. The van der Waals surface area contributed by atoms with Gasteiger partial charge in [-0.05, 0) is 29.8 Å². The Bertz CT molecular complexity index is 908. The Morgan fingerprint density at radius 2 is 2.00 bits per heavy atom. The molecule has 27 heavy (non-hydrogen) atoms. The molecular weight excluding hydrogens is 367 g/mol. The number of aromatic nitrogens is 3. The zero-order chi connectivity index (χ0) is 19.2. The highest BCUT2D eigenvalue weighted by atomic mass is 32.2. The van der Waals surface area contributed by atoms with Gasteiger partial charge in [-0.3, -0.25) is 4.98 Å². The number of halogens is 1. The van der Waals surface area contributed by atoms with E-state index in [4.69, 9.17) is 10.5 Å². The van der Waals surface area contributed by atoms with Crippen LogP contribution in [0.2, 0.25) is 0 Å². The van der Waals surface area contributed by atoms with Crippen LogP contribution in [0.4, 0.5) is 10.2 Å². The van der Waals surface area contributed by atoms with Gasteiger partial charge in [-0.25, -0.2) is 14.4 Å². The van der Waals surface area contributed by atoms with Crippen LogP contribution >= 0.6 is 0 Å². The number of ether oxygens (including phenoxy) is 1. The maximum Gasteiger partial charge on any atom is 0.252 e. The summed E-state index contributed by atoms with van der Waals surface area (Å²) >= 11 is -1.30. The molecule has 0 aliphatic carbocycles. The summed E-state index contributed by atoms with van der Waals surface area (Å²) in [5.74, 6) is 0.248. The maximum absolute atomic E-state index is 14.7. The maximum atomic E-state index is 14.7. The molecule has 0 aliphatic heterocycles. The molecule has 1 unspecified atom stereocenters. The Kier molecular flexibility index (Phi) is 6.33. The van der Waals surface area contributed by atoms with E-state index in [1.54, 1.807) is 37.6 Å². The van der Waals surface area contributed by atoms with Gasteiger partial charge in [0.25, 0.3) is 5.03 Å². The third-order valence-corrected chi connectivity index (χ3v) is 5.31. The minimum Gasteiger partial charge on any atom is -0.610 e. The summed E-state index contributed by atoms with van der Waals surface area (Å²) < 4.78 is 32.3. The minimum absolute atomic E-state index is 0.270. The summed E-state index contributed by atoms with van der Waals surface area (Å²) in [6.07, 6.45) is 5.04. The largest absolute Gasteiger partial charge is 0.610 e. The highest BCUT2D eigenvalue weighted by Crippen LogP contribution is 2.30. The van der Waals surface area contributed by atoms with Gasteiger partial charge in [-0.2, -0.15) is 0 Å². The molecule has 2 heterocycles. The van der Waals surface area contributed by atoms with Crippen LogP contribution in [0.15, 0.2) is 53.9 Å². The van der Waals surface area contributed by atoms with Crippen molar-refractivity contribution in [3.05, 3.63) is 54.7 Å². The second kappa shape index (κ2) is 8.90. The molecule has 0 bridgehead atoms. The van der Waals surface area contributed by atoms with Crippen LogP contribution in [0.25, 0.3) is 22.4 Å². The molecule has 6 nitrogen and oxygen atoms in total. The molecule has 0 saturated carbocycles. The fraction of sp³-hybridized carbons (Fsp3) is 0.211. The first kappa shape index (κ1) is 19.2. The number of anilines is 1. The van der Waals surface area contributed by atoms with Crippen LogP contribution in [0.3, 0.4) is 0 Å². The van der Waals surface area contributed by atoms with Gasteiger partial charge in [0.2, 0.25) is 0 Å². The number of hydrogen-bond donors (Lipinski definition) is 1. The van der Waals surface area contributed by atoms with E-state index in [9.17, 15) is 8.94 Å². The number of pyridine rings is 1. The van der Waals surface area contributed by atoms with E-state index >= 15 is 0 Å². The molecule has 140 valence electrons. The molecule has 0 aliphatic rings. The molecule has 0 radical (unpaired) electrons. The normalized spacial score (nSPS) is 12.1. The summed E-state index contributed by atoms with van der Waals surface area (Å²) in [4.78, 5) is 12.3. The molecule has 0 fully saturated rings. The first-order chi connectivity index (χ1) is 13.1. The van der Waals surface area contributed by atoms with Gasteiger partial charge in [0.15, 0.2) is 0 Å². The third kappa shape index (κ3) is 4.60. The van der Waals surface area contributed by atoms with Crippen LogP contribution in [-0.4, -0.2) is 39.0 Å². The van der Waals surface area contributed by atoms with Crippen LogP contribution in [0.5, 0.6) is 0 Å². The van der Waals surface area contributed by atoms with Gasteiger partial charge in [-0.15, -0.1) is 0 Å². The highest BCUT2D eigenvalue weighted by molar-refractivity contribution is 7.91. The van der Waals surface area contributed by atoms with Crippen molar-refractivity contribution in [3.63, 3.8) is 0 Å². The zero-order valence-electron chi connectivity index (χ0n) is 14.8. The van der Waals surface area contributed by atoms with Crippen LogP contribution in [0, 0.1) is 5.82 Å². The first-order valence-corrected chi connectivity index (χ1v) is 9.62. The number of hydrogen-bond acceptors (Lipinski definition) is 6. The minimum atomic E-state index is -1.30. The van der Waals surface area contributed by atoms with E-state index in [0.29, 0.717) is 46.2 Å². The standard InChI is InChI=1S/C19H19FN4O2S/c1-26-8-3-9-27(25)19-14(4-2-7-22-19)13-5-6-15(16(20)10-13)17-11-24-18(21)12-23-17/h2,4-7,10-12H,3,8-9H2,1H3,(H2,21,24). The van der Waals surface area contributed by atoms with Crippen molar-refractivity contribution in [1.29, 1.82) is 0 Å². The van der Waals surface area contributed by atoms with E-state index in [0.717, 1.165) is 0 Å². The zero-order valence-corrected chi connectivity index (χ0v) is 15.6. The van der Waals surface area contributed by atoms with E-state index in [1.165, 1.54) is 18.5 Å². The number of methoxy groups -OCH3 is 1. The Balaban J connectivity index is 1.91. The van der Waals surface area contributed by atoms with Gasteiger partial charge in [0.1, 0.15) is 17.4 Å². The van der Waals surface area contributed by atoms with Crippen molar-refractivity contribution in [1.82, 2.24) is 15.0 Å². The second-order valence-electron chi connectivity index (χ2n) is 5.77. The van der Waals surface area contributed by atoms with E-state index < -0.39 is 17.0 Å². The molecule has 3 rings (SSSR count). The van der Waals surface area contributed by atoms with Gasteiger partial charge < -0.3 is 15.0 Å². The summed E-state index contributed by atoms with van der Waals surface area (Å²) in [7, 11) is 1.60. The fourth-order valence-corrected chi connectivity index (χ4v) is 3.77. The SMILES string of the molecule is COCCC[S+]([O-])c1ncccc1-c1ccc(-c2cnc(N)cn2)c(F)c1. The predicted molar refractivity (Wildman–Crippen MR) is 103 cm³/mol. The predicted octanol–water partition coefficient (Wildman–Crippen LogP) is 3.07. The number of nitrogen functional groups attached to an aromatic ring is 1. The van der Waals surface area contributed by atoms with Crippen LogP contribution in [0.1, 0.15) is 6.42 Å². The van der Waals surface area contributed by atoms with Crippen molar-refractivity contribution in [2.24, 2.45) is 0 Å². The average Bonchev–Trinajstić information content (AvgIpc) is 2.69. The van der Waals surface area contributed by atoms with Crippen molar-refractivity contribution in [3.8, 4) is 22.4 Å². The lowest BCUT2D eigenvalue weighted by Crippen LogP contribution is -2.12.